The normalized spacial score (nSPS) is 12.6. The van der Waals surface area contributed by atoms with Crippen molar-refractivity contribution in [1.82, 2.24) is 10.3 Å². The monoisotopic (exact) mass is 232 g/mol. The lowest BCUT2D eigenvalue weighted by molar-refractivity contribution is 0.573. The van der Waals surface area contributed by atoms with Gasteiger partial charge in [0.05, 0.1) is 0 Å². The van der Waals surface area contributed by atoms with Gasteiger partial charge in [-0.3, -0.25) is 0 Å². The zero-order valence-corrected chi connectivity index (χ0v) is 10.4. The molecule has 0 saturated carbocycles. The van der Waals surface area contributed by atoms with Crippen molar-refractivity contribution in [2.24, 2.45) is 0 Å². The van der Waals surface area contributed by atoms with Gasteiger partial charge in [-0.25, -0.2) is 4.98 Å². The molecule has 0 amide bonds. The van der Waals surface area contributed by atoms with Crippen LogP contribution in [0, 0.1) is 6.92 Å². The Balaban J connectivity index is 1.93. The molecule has 0 unspecified atom stereocenters. The summed E-state index contributed by atoms with van der Waals surface area (Å²) in [5.41, 5.74) is 2.62. The van der Waals surface area contributed by atoms with E-state index < -0.39 is 0 Å². The Kier molecular flexibility index (Phi) is 3.70. The van der Waals surface area contributed by atoms with Crippen LogP contribution in [0.5, 0.6) is 0 Å². The molecule has 0 saturated heterocycles. The molecule has 16 heavy (non-hydrogen) atoms. The summed E-state index contributed by atoms with van der Waals surface area (Å²) in [6.45, 7) is 5.13. The van der Waals surface area contributed by atoms with Gasteiger partial charge >= 0.3 is 0 Å². The van der Waals surface area contributed by atoms with Crippen LogP contribution in [0.4, 0.5) is 0 Å². The lowest BCUT2D eigenvalue weighted by atomic mass is 10.1. The zero-order chi connectivity index (χ0) is 11.4. The maximum Gasteiger partial charge on any atom is 0.106 e. The van der Waals surface area contributed by atoms with E-state index in [-0.39, 0.29) is 0 Å². The standard InChI is InChI=1S/C13H16N2S/c1-10-3-5-12(6-4-10)11(2)15-9-13-14-7-8-16-13/h3-8,11,15H,9H2,1-2H3/t11-/m0/s1. The second kappa shape index (κ2) is 5.23. The van der Waals surface area contributed by atoms with Gasteiger partial charge in [-0.15, -0.1) is 11.3 Å². The second-order valence-corrected chi connectivity index (χ2v) is 4.92. The van der Waals surface area contributed by atoms with Crippen LogP contribution in [0.3, 0.4) is 0 Å². The molecule has 0 radical (unpaired) electrons. The van der Waals surface area contributed by atoms with Gasteiger partial charge in [-0.05, 0) is 19.4 Å². The minimum atomic E-state index is 0.365. The van der Waals surface area contributed by atoms with E-state index in [1.807, 2.05) is 11.6 Å². The topological polar surface area (TPSA) is 24.9 Å². The largest absolute Gasteiger partial charge is 0.304 e. The van der Waals surface area contributed by atoms with Crippen LogP contribution in [0.1, 0.15) is 29.1 Å². The van der Waals surface area contributed by atoms with Gasteiger partial charge < -0.3 is 5.32 Å². The molecule has 3 heteroatoms. The van der Waals surface area contributed by atoms with E-state index in [1.165, 1.54) is 11.1 Å². The number of aromatic nitrogens is 1. The Hall–Kier alpha value is -1.19. The molecule has 1 atom stereocenters. The fraction of sp³-hybridized carbons (Fsp3) is 0.308. The molecule has 2 rings (SSSR count). The summed E-state index contributed by atoms with van der Waals surface area (Å²) in [6.07, 6.45) is 1.85. The number of nitrogens with zero attached hydrogens (tertiary/aromatic N) is 1. The Morgan fingerprint density at radius 3 is 2.69 bits per heavy atom. The van der Waals surface area contributed by atoms with E-state index in [0.717, 1.165) is 11.6 Å². The third-order valence-corrected chi connectivity index (χ3v) is 3.40. The fourth-order valence-electron chi connectivity index (χ4n) is 1.55. The molecule has 84 valence electrons. The van der Waals surface area contributed by atoms with Crippen LogP contribution in [0.15, 0.2) is 35.8 Å². The quantitative estimate of drug-likeness (QED) is 0.875. The second-order valence-electron chi connectivity index (χ2n) is 3.94. The summed E-state index contributed by atoms with van der Waals surface area (Å²) in [6, 6.07) is 9.02. The number of hydrogen-bond donors (Lipinski definition) is 1. The number of hydrogen-bond acceptors (Lipinski definition) is 3. The fourth-order valence-corrected chi connectivity index (χ4v) is 2.12. The summed E-state index contributed by atoms with van der Waals surface area (Å²) >= 11 is 1.69. The summed E-state index contributed by atoms with van der Waals surface area (Å²) in [5, 5.41) is 6.61. The Morgan fingerprint density at radius 2 is 2.06 bits per heavy atom. The highest BCUT2D eigenvalue weighted by atomic mass is 32.1. The van der Waals surface area contributed by atoms with Crippen LogP contribution in [0.2, 0.25) is 0 Å². The maximum atomic E-state index is 4.25. The number of rotatable bonds is 4. The Bertz CT molecular complexity index is 420. The SMILES string of the molecule is Cc1ccc([C@H](C)NCc2nccs2)cc1. The van der Waals surface area contributed by atoms with Crippen molar-refractivity contribution >= 4 is 11.3 Å². The lowest BCUT2D eigenvalue weighted by Gasteiger charge is -2.13. The highest BCUT2D eigenvalue weighted by Crippen LogP contribution is 2.14. The molecule has 0 spiro atoms. The van der Waals surface area contributed by atoms with E-state index >= 15 is 0 Å². The third-order valence-electron chi connectivity index (χ3n) is 2.62. The van der Waals surface area contributed by atoms with Crippen LogP contribution < -0.4 is 5.32 Å². The van der Waals surface area contributed by atoms with Gasteiger partial charge in [0.25, 0.3) is 0 Å². The van der Waals surface area contributed by atoms with Gasteiger partial charge in [0.15, 0.2) is 0 Å². The van der Waals surface area contributed by atoms with Gasteiger partial charge in [0, 0.05) is 24.2 Å². The predicted octanol–water partition coefficient (Wildman–Crippen LogP) is 3.30. The van der Waals surface area contributed by atoms with Crippen LogP contribution in [-0.2, 0) is 6.54 Å². The summed E-state index contributed by atoms with van der Waals surface area (Å²) in [4.78, 5) is 4.25. The van der Waals surface area contributed by atoms with Crippen LogP contribution >= 0.6 is 11.3 Å². The molecule has 1 aromatic carbocycles. The minimum absolute atomic E-state index is 0.365. The molecule has 0 aliphatic heterocycles. The van der Waals surface area contributed by atoms with Crippen molar-refractivity contribution in [2.45, 2.75) is 26.4 Å². The highest BCUT2D eigenvalue weighted by molar-refractivity contribution is 7.09. The van der Waals surface area contributed by atoms with Gasteiger partial charge in [-0.2, -0.15) is 0 Å². The third kappa shape index (κ3) is 2.90. The molecule has 0 aliphatic rings. The maximum absolute atomic E-state index is 4.25. The Morgan fingerprint density at radius 1 is 1.31 bits per heavy atom. The average molecular weight is 232 g/mol. The molecule has 2 nitrogen and oxygen atoms in total. The van der Waals surface area contributed by atoms with Crippen molar-refractivity contribution in [1.29, 1.82) is 0 Å². The molecular weight excluding hydrogens is 216 g/mol. The van der Waals surface area contributed by atoms with Gasteiger partial charge in [0.1, 0.15) is 5.01 Å². The molecular formula is C13H16N2S. The van der Waals surface area contributed by atoms with Crippen LogP contribution in [0.25, 0.3) is 0 Å². The first-order valence-corrected chi connectivity index (χ1v) is 6.32. The summed E-state index contributed by atoms with van der Waals surface area (Å²) < 4.78 is 0. The Labute approximate surface area is 100 Å². The van der Waals surface area contributed by atoms with E-state index in [4.69, 9.17) is 0 Å². The van der Waals surface area contributed by atoms with E-state index in [1.54, 1.807) is 11.3 Å². The average Bonchev–Trinajstić information content (AvgIpc) is 2.80. The van der Waals surface area contributed by atoms with Crippen molar-refractivity contribution in [3.8, 4) is 0 Å². The van der Waals surface area contributed by atoms with Gasteiger partial charge in [-0.1, -0.05) is 29.8 Å². The molecule has 0 fully saturated rings. The summed E-state index contributed by atoms with van der Waals surface area (Å²) in [5.74, 6) is 0. The summed E-state index contributed by atoms with van der Waals surface area (Å²) in [7, 11) is 0. The first-order chi connectivity index (χ1) is 7.75. The number of aryl methyl sites for hydroxylation is 1. The molecule has 1 aromatic heterocycles. The van der Waals surface area contributed by atoms with Crippen molar-refractivity contribution in [2.75, 3.05) is 0 Å². The van der Waals surface area contributed by atoms with Crippen molar-refractivity contribution in [3.05, 3.63) is 52.0 Å². The minimum Gasteiger partial charge on any atom is -0.304 e. The first-order valence-electron chi connectivity index (χ1n) is 5.44. The van der Waals surface area contributed by atoms with E-state index in [2.05, 4.69) is 48.4 Å². The van der Waals surface area contributed by atoms with E-state index in [9.17, 15) is 0 Å². The van der Waals surface area contributed by atoms with Crippen LogP contribution in [-0.4, -0.2) is 4.98 Å². The number of nitrogens with one attached hydrogen (secondary N) is 1. The molecule has 1 heterocycles. The highest BCUT2D eigenvalue weighted by Gasteiger charge is 2.04. The van der Waals surface area contributed by atoms with Crippen molar-refractivity contribution < 1.29 is 0 Å². The smallest absolute Gasteiger partial charge is 0.106 e. The number of benzene rings is 1. The number of thiazole rings is 1. The zero-order valence-electron chi connectivity index (χ0n) is 9.60. The molecule has 1 N–H and O–H groups in total. The van der Waals surface area contributed by atoms with E-state index in [0.29, 0.717) is 6.04 Å². The molecule has 0 aliphatic carbocycles. The lowest BCUT2D eigenvalue weighted by Crippen LogP contribution is -2.17. The molecule has 2 aromatic rings. The molecule has 0 bridgehead atoms. The van der Waals surface area contributed by atoms with Gasteiger partial charge in [0.2, 0.25) is 0 Å². The first kappa shape index (κ1) is 11.3. The van der Waals surface area contributed by atoms with Crippen molar-refractivity contribution in [3.63, 3.8) is 0 Å². The predicted molar refractivity (Wildman–Crippen MR) is 68.5 cm³/mol.